The van der Waals surface area contributed by atoms with Gasteiger partial charge in [0.2, 0.25) is 0 Å². The van der Waals surface area contributed by atoms with E-state index in [0.29, 0.717) is 5.75 Å². The molecule has 10 heteroatoms. The van der Waals surface area contributed by atoms with Gasteiger partial charge in [0, 0.05) is 0 Å². The van der Waals surface area contributed by atoms with Gasteiger partial charge in [-0.1, -0.05) is 18.2 Å². The van der Waals surface area contributed by atoms with E-state index in [-0.39, 0.29) is 0 Å². The predicted molar refractivity (Wildman–Crippen MR) is 54.0 cm³/mol. The summed E-state index contributed by atoms with van der Waals surface area (Å²) in [4.78, 5) is 47.6. The molecule has 16 heavy (non-hydrogen) atoms. The van der Waals surface area contributed by atoms with E-state index < -0.39 is 18.1 Å². The molecule has 0 aliphatic heterocycles. The van der Waals surface area contributed by atoms with E-state index in [1.54, 1.807) is 24.3 Å². The maximum atomic E-state index is 8.63. The van der Waals surface area contributed by atoms with Crippen molar-refractivity contribution in [2.75, 3.05) is 0 Å². The highest BCUT2D eigenvalue weighted by molar-refractivity contribution is 6.63. The lowest BCUT2D eigenvalue weighted by atomic mass is 10.3. The Balaban J connectivity index is 0.000000288. The maximum Gasteiger partial charge on any atom is 0.665 e. The zero-order valence-electron chi connectivity index (χ0n) is 7.93. The Hall–Kier alpha value is -0.826. The number of hydrogen-bond acceptors (Lipinski definition) is 8. The van der Waals surface area contributed by atoms with Crippen LogP contribution in [0.1, 0.15) is 0 Å². The molecule has 92 valence electrons. The smallest absolute Gasteiger partial charge is 0.508 e. The van der Waals surface area contributed by atoms with Crippen LogP contribution in [-0.2, 0) is 4.12 Å². The molecule has 1 aromatic rings. The van der Waals surface area contributed by atoms with Gasteiger partial charge in [0.15, 0.2) is 0 Å². The Kier molecular flexibility index (Phi) is 5.73. The molecule has 0 unspecified atom stereocenters. The summed E-state index contributed by atoms with van der Waals surface area (Å²) in [6.45, 7) is 0. The zero-order valence-corrected chi connectivity index (χ0v) is 9.93. The van der Waals surface area contributed by atoms with Crippen molar-refractivity contribution in [3.8, 4) is 5.75 Å². The molecule has 0 bridgehead atoms. The average molecular weight is 268 g/mol. The number of hydrogen-bond donors (Lipinski definition) is 7. The first-order chi connectivity index (χ1) is 7.10. The summed E-state index contributed by atoms with van der Waals surface area (Å²) in [7, 11) is -9.96. The third-order valence-electron chi connectivity index (χ3n) is 1.03. The molecule has 8 nitrogen and oxygen atoms in total. The normalized spacial score (nSPS) is 11.6. The second-order valence-corrected chi connectivity index (χ2v) is 5.70. The summed E-state index contributed by atoms with van der Waals surface area (Å²) in [6, 6.07) is 8.71. The third-order valence-corrected chi connectivity index (χ3v) is 3.22. The Labute approximate surface area is 92.9 Å². The number of aromatic hydroxyl groups is 1. The van der Waals surface area contributed by atoms with E-state index >= 15 is 0 Å². The van der Waals surface area contributed by atoms with E-state index in [0.717, 1.165) is 0 Å². The van der Waals surface area contributed by atoms with E-state index in [4.69, 9.17) is 33.9 Å². The van der Waals surface area contributed by atoms with E-state index in [1.165, 1.54) is 0 Å². The monoisotopic (exact) mass is 268 g/mol. The Bertz CT molecular complexity index is 280. The van der Waals surface area contributed by atoms with Crippen LogP contribution >= 0.6 is 0 Å². The van der Waals surface area contributed by atoms with Crippen LogP contribution in [0.25, 0.3) is 0 Å². The summed E-state index contributed by atoms with van der Waals surface area (Å²) in [5.41, 5.74) is 0. The number of para-hydroxylation sites is 1. The van der Waals surface area contributed by atoms with Crippen molar-refractivity contribution in [1.82, 2.24) is 0 Å². The third kappa shape index (κ3) is 11.2. The molecule has 0 radical (unpaired) electrons. The van der Waals surface area contributed by atoms with Crippen molar-refractivity contribution >= 4 is 18.1 Å². The topological polar surface area (TPSA) is 151 Å². The second-order valence-electron chi connectivity index (χ2n) is 2.59. The fourth-order valence-corrected chi connectivity index (χ4v) is 2.08. The van der Waals surface area contributed by atoms with Crippen LogP contribution < -0.4 is 0 Å². The van der Waals surface area contributed by atoms with Gasteiger partial charge in [0.1, 0.15) is 5.75 Å². The average Bonchev–Trinajstić information content (AvgIpc) is 1.99. The van der Waals surface area contributed by atoms with Gasteiger partial charge >= 0.3 is 18.1 Å². The molecule has 0 aromatic heterocycles. The predicted octanol–water partition coefficient (Wildman–Crippen LogP) is -2.78. The van der Waals surface area contributed by atoms with Gasteiger partial charge in [-0.15, -0.1) is 0 Å². The maximum absolute atomic E-state index is 8.63. The first kappa shape index (κ1) is 15.2. The summed E-state index contributed by atoms with van der Waals surface area (Å²) < 4.78 is 3.24. The van der Waals surface area contributed by atoms with Gasteiger partial charge in [0.25, 0.3) is 0 Å². The lowest BCUT2D eigenvalue weighted by Gasteiger charge is -2.13. The molecule has 1 rings (SSSR count). The van der Waals surface area contributed by atoms with Gasteiger partial charge in [-0.25, -0.2) is 0 Å². The standard InChI is InChI=1S/C6H6O.H6O7Si2/c7-6-4-2-1-3-5-6;1-8(2,3)7-9(4,5)6/h1-5,7H;1-6H. The highest BCUT2D eigenvalue weighted by atomic mass is 28.5. The van der Waals surface area contributed by atoms with Gasteiger partial charge in [-0.05, 0) is 12.1 Å². The van der Waals surface area contributed by atoms with Crippen LogP contribution in [0.2, 0.25) is 0 Å². The van der Waals surface area contributed by atoms with Crippen LogP contribution in [-0.4, -0.2) is 52.0 Å². The first-order valence-corrected chi connectivity index (χ1v) is 7.38. The summed E-state index contributed by atoms with van der Waals surface area (Å²) >= 11 is 0. The summed E-state index contributed by atoms with van der Waals surface area (Å²) in [5, 5.41) is 8.63. The van der Waals surface area contributed by atoms with E-state index in [2.05, 4.69) is 4.12 Å². The quantitative estimate of drug-likeness (QED) is 0.285. The van der Waals surface area contributed by atoms with Crippen LogP contribution in [0.3, 0.4) is 0 Å². The lowest BCUT2D eigenvalue weighted by Crippen LogP contribution is -2.53. The molecule has 0 saturated carbocycles. The van der Waals surface area contributed by atoms with Crippen molar-refractivity contribution in [2.45, 2.75) is 0 Å². The van der Waals surface area contributed by atoms with Crippen molar-refractivity contribution in [2.24, 2.45) is 0 Å². The van der Waals surface area contributed by atoms with Crippen molar-refractivity contribution < 1.29 is 38.0 Å². The molecule has 0 aliphatic rings. The van der Waals surface area contributed by atoms with Crippen molar-refractivity contribution in [1.29, 1.82) is 0 Å². The number of benzene rings is 1. The number of rotatable bonds is 2. The van der Waals surface area contributed by atoms with Crippen molar-refractivity contribution in [3.05, 3.63) is 30.3 Å². The van der Waals surface area contributed by atoms with Gasteiger partial charge < -0.3 is 38.0 Å². The zero-order chi connectivity index (χ0) is 12.8. The molecule has 0 heterocycles. The molecule has 0 spiro atoms. The number of phenols is 1. The molecule has 1 aromatic carbocycles. The Morgan fingerprint density at radius 2 is 1.12 bits per heavy atom. The van der Waals surface area contributed by atoms with Crippen molar-refractivity contribution in [3.63, 3.8) is 0 Å². The van der Waals surface area contributed by atoms with E-state index in [1.807, 2.05) is 6.07 Å². The Morgan fingerprint density at radius 3 is 1.25 bits per heavy atom. The van der Waals surface area contributed by atoms with E-state index in [9.17, 15) is 0 Å². The SMILES string of the molecule is O[Si](O)(O)O[Si](O)(O)O.Oc1ccccc1. The lowest BCUT2D eigenvalue weighted by molar-refractivity contribution is 0.0406. The molecule has 7 N–H and O–H groups in total. The fraction of sp³-hybridized carbons (Fsp3) is 0. The molecule has 0 aliphatic carbocycles. The molecular formula is C6H12O8Si2. The minimum Gasteiger partial charge on any atom is -0.508 e. The molecular weight excluding hydrogens is 256 g/mol. The summed E-state index contributed by atoms with van der Waals surface area (Å²) in [6.07, 6.45) is 0. The van der Waals surface area contributed by atoms with Crippen LogP contribution in [0.15, 0.2) is 30.3 Å². The fourth-order valence-electron chi connectivity index (χ4n) is 0.612. The van der Waals surface area contributed by atoms with Crippen LogP contribution in [0, 0.1) is 0 Å². The Morgan fingerprint density at radius 1 is 0.750 bits per heavy atom. The highest BCUT2D eigenvalue weighted by Crippen LogP contribution is 2.02. The minimum absolute atomic E-state index is 0.322. The number of phenolic OH excluding ortho intramolecular Hbond substituents is 1. The molecule has 0 amide bonds. The van der Waals surface area contributed by atoms with Crippen LogP contribution in [0.5, 0.6) is 5.75 Å². The highest BCUT2D eigenvalue weighted by Gasteiger charge is 2.45. The van der Waals surface area contributed by atoms with Gasteiger partial charge in [0.05, 0.1) is 0 Å². The minimum atomic E-state index is -4.98. The summed E-state index contributed by atoms with van der Waals surface area (Å²) in [5.74, 6) is 0.322. The first-order valence-electron chi connectivity index (χ1n) is 3.88. The van der Waals surface area contributed by atoms with Gasteiger partial charge in [-0.3, -0.25) is 0 Å². The largest absolute Gasteiger partial charge is 0.665 e. The molecule has 0 fully saturated rings. The second kappa shape index (κ2) is 6.04. The van der Waals surface area contributed by atoms with Crippen LogP contribution in [0.4, 0.5) is 0 Å². The molecule has 0 saturated heterocycles. The molecule has 0 atom stereocenters. The van der Waals surface area contributed by atoms with Gasteiger partial charge in [-0.2, -0.15) is 0 Å².